The van der Waals surface area contributed by atoms with E-state index in [0.717, 1.165) is 38.1 Å². The Labute approximate surface area is 121 Å². The zero-order valence-corrected chi connectivity index (χ0v) is 12.3. The largest absolute Gasteiger partial charge is 0.497 e. The molecule has 0 amide bonds. The molecule has 1 fully saturated rings. The second kappa shape index (κ2) is 7.85. The molecule has 0 unspecified atom stereocenters. The fourth-order valence-corrected chi connectivity index (χ4v) is 2.25. The van der Waals surface area contributed by atoms with E-state index in [-0.39, 0.29) is 30.4 Å². The van der Waals surface area contributed by atoms with E-state index in [1.54, 1.807) is 7.11 Å². The second-order valence-electron chi connectivity index (χ2n) is 4.64. The van der Waals surface area contributed by atoms with Gasteiger partial charge in [-0.3, -0.25) is 0 Å². The molecule has 2 rings (SSSR count). The summed E-state index contributed by atoms with van der Waals surface area (Å²) in [5.41, 5.74) is 7.66. The van der Waals surface area contributed by atoms with E-state index < -0.39 is 0 Å². The molecule has 18 heavy (non-hydrogen) atoms. The minimum atomic E-state index is -0.0279. The molecular weight excluding hydrogens is 271 g/mol. The van der Waals surface area contributed by atoms with Gasteiger partial charge in [0.2, 0.25) is 0 Å². The molecule has 1 aliphatic heterocycles. The number of rotatable bonds is 3. The van der Waals surface area contributed by atoms with Crippen molar-refractivity contribution in [2.24, 2.45) is 5.73 Å². The van der Waals surface area contributed by atoms with Crippen LogP contribution in [0, 0.1) is 0 Å². The molecule has 5 heteroatoms. The van der Waals surface area contributed by atoms with Gasteiger partial charge >= 0.3 is 0 Å². The van der Waals surface area contributed by atoms with Gasteiger partial charge in [0.15, 0.2) is 0 Å². The monoisotopic (exact) mass is 292 g/mol. The van der Waals surface area contributed by atoms with Gasteiger partial charge in [0.05, 0.1) is 7.11 Å². The quantitative estimate of drug-likeness (QED) is 0.898. The number of methoxy groups -OCH3 is 1. The number of nitrogens with one attached hydrogen (secondary N) is 1. The molecule has 0 aromatic heterocycles. The van der Waals surface area contributed by atoms with Crippen molar-refractivity contribution in [3.05, 3.63) is 29.8 Å². The highest BCUT2D eigenvalue weighted by atomic mass is 35.5. The Bertz CT molecular complexity index is 337. The molecule has 1 heterocycles. The zero-order chi connectivity index (χ0) is 11.4. The van der Waals surface area contributed by atoms with Crippen LogP contribution in [-0.4, -0.2) is 25.7 Å². The Morgan fingerprint density at radius 1 is 1.17 bits per heavy atom. The van der Waals surface area contributed by atoms with Gasteiger partial charge in [0.1, 0.15) is 5.75 Å². The molecule has 0 radical (unpaired) electrons. The molecular formula is C13H22Cl2N2O. The van der Waals surface area contributed by atoms with Crippen molar-refractivity contribution in [1.82, 2.24) is 5.32 Å². The molecule has 0 aliphatic carbocycles. The van der Waals surface area contributed by atoms with Crippen molar-refractivity contribution in [2.75, 3.05) is 20.2 Å². The summed E-state index contributed by atoms with van der Waals surface area (Å²) in [5, 5.41) is 3.34. The van der Waals surface area contributed by atoms with Crippen LogP contribution in [0.5, 0.6) is 5.75 Å². The first-order valence-corrected chi connectivity index (χ1v) is 5.84. The maximum Gasteiger partial charge on any atom is 0.118 e. The van der Waals surface area contributed by atoms with Crippen LogP contribution in [0.2, 0.25) is 0 Å². The fraction of sp³-hybridized carbons (Fsp3) is 0.538. The average Bonchev–Trinajstić information content (AvgIpc) is 2.30. The highest BCUT2D eigenvalue weighted by Gasteiger charge is 2.27. The van der Waals surface area contributed by atoms with Crippen molar-refractivity contribution in [2.45, 2.75) is 24.8 Å². The normalized spacial score (nSPS) is 17.2. The number of benzene rings is 1. The van der Waals surface area contributed by atoms with Crippen LogP contribution in [0.4, 0.5) is 0 Å². The van der Waals surface area contributed by atoms with Gasteiger partial charge in [0, 0.05) is 5.54 Å². The summed E-state index contributed by atoms with van der Waals surface area (Å²) in [7, 11) is 1.69. The van der Waals surface area contributed by atoms with E-state index in [0.29, 0.717) is 0 Å². The van der Waals surface area contributed by atoms with Gasteiger partial charge in [-0.05, 0) is 50.0 Å². The maximum atomic E-state index is 6.39. The minimum absolute atomic E-state index is 0. The Morgan fingerprint density at radius 3 is 2.22 bits per heavy atom. The van der Waals surface area contributed by atoms with Crippen molar-refractivity contribution >= 4 is 24.8 Å². The average molecular weight is 293 g/mol. The summed E-state index contributed by atoms with van der Waals surface area (Å²) in [6.07, 6.45) is 3.07. The molecule has 0 atom stereocenters. The summed E-state index contributed by atoms with van der Waals surface area (Å²) >= 11 is 0. The van der Waals surface area contributed by atoms with Crippen LogP contribution in [0.25, 0.3) is 0 Å². The lowest BCUT2D eigenvalue weighted by Crippen LogP contribution is -2.50. The highest BCUT2D eigenvalue weighted by Crippen LogP contribution is 2.22. The Hall–Kier alpha value is -0.480. The van der Waals surface area contributed by atoms with Crippen LogP contribution < -0.4 is 15.8 Å². The first-order chi connectivity index (χ1) is 7.72. The molecule has 1 aliphatic rings. The van der Waals surface area contributed by atoms with Crippen molar-refractivity contribution in [3.63, 3.8) is 0 Å². The molecule has 0 spiro atoms. The highest BCUT2D eigenvalue weighted by molar-refractivity contribution is 5.85. The number of nitrogens with two attached hydrogens (primary N) is 1. The van der Waals surface area contributed by atoms with Gasteiger partial charge < -0.3 is 15.8 Å². The number of hydrogen-bond donors (Lipinski definition) is 2. The van der Waals surface area contributed by atoms with E-state index in [4.69, 9.17) is 10.5 Å². The topological polar surface area (TPSA) is 47.3 Å². The van der Waals surface area contributed by atoms with E-state index in [1.807, 2.05) is 12.1 Å². The minimum Gasteiger partial charge on any atom is -0.497 e. The molecule has 3 nitrogen and oxygen atoms in total. The van der Waals surface area contributed by atoms with Crippen LogP contribution in [0.3, 0.4) is 0 Å². The van der Waals surface area contributed by atoms with Gasteiger partial charge in [-0.1, -0.05) is 12.1 Å². The van der Waals surface area contributed by atoms with E-state index in [1.165, 1.54) is 5.56 Å². The number of ether oxygens (including phenoxy) is 1. The predicted molar refractivity (Wildman–Crippen MR) is 80.2 cm³/mol. The molecule has 0 saturated carbocycles. The van der Waals surface area contributed by atoms with Gasteiger partial charge in [0.25, 0.3) is 0 Å². The van der Waals surface area contributed by atoms with E-state index in [9.17, 15) is 0 Å². The standard InChI is InChI=1S/C13H20N2O.2ClH/c1-16-12-4-2-11(3-5-12)10-13(14)6-8-15-9-7-13;;/h2-5,15H,6-10,14H2,1H3;2*1H. The summed E-state index contributed by atoms with van der Waals surface area (Å²) in [4.78, 5) is 0. The van der Waals surface area contributed by atoms with Gasteiger partial charge in [-0.25, -0.2) is 0 Å². The third kappa shape index (κ3) is 4.65. The lowest BCUT2D eigenvalue weighted by Gasteiger charge is -2.34. The van der Waals surface area contributed by atoms with Crippen LogP contribution in [0.1, 0.15) is 18.4 Å². The molecule has 1 aromatic rings. The smallest absolute Gasteiger partial charge is 0.118 e. The maximum absolute atomic E-state index is 6.39. The first-order valence-electron chi connectivity index (χ1n) is 5.84. The summed E-state index contributed by atoms with van der Waals surface area (Å²) in [5.74, 6) is 0.903. The Kier molecular flexibility index (Phi) is 7.64. The molecule has 1 aromatic carbocycles. The Morgan fingerprint density at radius 2 is 1.72 bits per heavy atom. The van der Waals surface area contributed by atoms with Crippen LogP contribution >= 0.6 is 24.8 Å². The molecule has 1 saturated heterocycles. The van der Waals surface area contributed by atoms with Gasteiger partial charge in [-0.15, -0.1) is 24.8 Å². The third-order valence-electron chi connectivity index (χ3n) is 3.31. The summed E-state index contributed by atoms with van der Waals surface area (Å²) in [6.45, 7) is 2.07. The number of halogens is 2. The second-order valence-corrected chi connectivity index (χ2v) is 4.64. The van der Waals surface area contributed by atoms with Gasteiger partial charge in [-0.2, -0.15) is 0 Å². The third-order valence-corrected chi connectivity index (χ3v) is 3.31. The summed E-state index contributed by atoms with van der Waals surface area (Å²) < 4.78 is 5.14. The van der Waals surface area contributed by atoms with Crippen molar-refractivity contribution in [3.8, 4) is 5.75 Å². The first kappa shape index (κ1) is 17.5. The summed E-state index contributed by atoms with van der Waals surface area (Å²) in [6, 6.07) is 8.21. The van der Waals surface area contributed by atoms with E-state index in [2.05, 4.69) is 17.4 Å². The van der Waals surface area contributed by atoms with Crippen molar-refractivity contribution in [1.29, 1.82) is 0 Å². The fourth-order valence-electron chi connectivity index (χ4n) is 2.25. The lowest BCUT2D eigenvalue weighted by atomic mass is 9.83. The molecule has 3 N–H and O–H groups in total. The predicted octanol–water partition coefficient (Wildman–Crippen LogP) is 2.16. The lowest BCUT2D eigenvalue weighted by molar-refractivity contribution is 0.308. The zero-order valence-electron chi connectivity index (χ0n) is 10.6. The number of piperidine rings is 1. The number of hydrogen-bond acceptors (Lipinski definition) is 3. The van der Waals surface area contributed by atoms with E-state index >= 15 is 0 Å². The van der Waals surface area contributed by atoms with Crippen LogP contribution in [-0.2, 0) is 6.42 Å². The van der Waals surface area contributed by atoms with Crippen LogP contribution in [0.15, 0.2) is 24.3 Å². The molecule has 104 valence electrons. The van der Waals surface area contributed by atoms with Crippen molar-refractivity contribution < 1.29 is 4.74 Å². The Balaban J connectivity index is 0.00000144. The SMILES string of the molecule is COc1ccc(CC2(N)CCNCC2)cc1.Cl.Cl. The molecule has 0 bridgehead atoms.